The Morgan fingerprint density at radius 1 is 1.00 bits per heavy atom. The van der Waals surface area contributed by atoms with Crippen LogP contribution in [0.25, 0.3) is 6.08 Å². The van der Waals surface area contributed by atoms with Gasteiger partial charge in [-0.15, -0.1) is 11.3 Å². The van der Waals surface area contributed by atoms with Crippen molar-refractivity contribution >= 4 is 63.8 Å². The summed E-state index contributed by atoms with van der Waals surface area (Å²) in [5.74, 6) is 0.00390. The molecule has 1 aliphatic heterocycles. The SMILES string of the molecule is O=C(C=Cc1cccs1)N1CCN(c2ccc(Cl)cc2Cl)C(c2ccc(Cl)cc2)C1. The second-order valence-electron chi connectivity index (χ2n) is 6.99. The summed E-state index contributed by atoms with van der Waals surface area (Å²) in [4.78, 5) is 18.0. The number of rotatable bonds is 4. The van der Waals surface area contributed by atoms with Crippen LogP contribution >= 0.6 is 46.1 Å². The quantitative estimate of drug-likeness (QED) is 0.385. The van der Waals surface area contributed by atoms with Gasteiger partial charge in [-0.1, -0.05) is 53.0 Å². The molecule has 0 saturated carbocycles. The van der Waals surface area contributed by atoms with Crippen molar-refractivity contribution in [3.63, 3.8) is 0 Å². The molecule has 3 aromatic rings. The van der Waals surface area contributed by atoms with Crippen LogP contribution in [0.4, 0.5) is 5.69 Å². The summed E-state index contributed by atoms with van der Waals surface area (Å²) in [7, 11) is 0. The van der Waals surface area contributed by atoms with Crippen molar-refractivity contribution in [1.82, 2.24) is 4.90 Å². The lowest BCUT2D eigenvalue weighted by Gasteiger charge is -2.43. The van der Waals surface area contributed by atoms with Crippen LogP contribution in [0, 0.1) is 0 Å². The number of hydrogen-bond donors (Lipinski definition) is 0. The van der Waals surface area contributed by atoms with Crippen molar-refractivity contribution in [3.05, 3.63) is 91.6 Å². The molecule has 1 aromatic heterocycles. The number of amides is 1. The third-order valence-electron chi connectivity index (χ3n) is 5.10. The first-order chi connectivity index (χ1) is 14.5. The molecule has 1 fully saturated rings. The predicted octanol–water partition coefficient (Wildman–Crippen LogP) is 6.81. The van der Waals surface area contributed by atoms with E-state index in [9.17, 15) is 4.79 Å². The van der Waals surface area contributed by atoms with Gasteiger partial charge >= 0.3 is 0 Å². The number of nitrogens with zero attached hydrogens (tertiary/aromatic N) is 2. The number of hydrogen-bond acceptors (Lipinski definition) is 3. The van der Waals surface area contributed by atoms with Gasteiger partial charge in [0.25, 0.3) is 0 Å². The second-order valence-corrected chi connectivity index (χ2v) is 9.25. The van der Waals surface area contributed by atoms with Crippen LogP contribution < -0.4 is 4.90 Å². The fourth-order valence-corrected chi connectivity index (χ4v) is 4.86. The third-order valence-corrected chi connectivity index (χ3v) is 6.73. The minimum Gasteiger partial charge on any atom is -0.360 e. The Morgan fingerprint density at radius 2 is 1.77 bits per heavy atom. The summed E-state index contributed by atoms with van der Waals surface area (Å²) in [6.07, 6.45) is 3.52. The zero-order valence-electron chi connectivity index (χ0n) is 16.0. The molecule has 1 aliphatic rings. The molecule has 0 radical (unpaired) electrons. The monoisotopic (exact) mass is 476 g/mol. The van der Waals surface area contributed by atoms with Crippen LogP contribution in [0.1, 0.15) is 16.5 Å². The lowest BCUT2D eigenvalue weighted by Crippen LogP contribution is -2.50. The Bertz CT molecular complexity index is 1050. The van der Waals surface area contributed by atoms with E-state index >= 15 is 0 Å². The van der Waals surface area contributed by atoms with Gasteiger partial charge in [0, 0.05) is 40.6 Å². The van der Waals surface area contributed by atoms with Crippen LogP contribution in [-0.2, 0) is 4.79 Å². The molecule has 0 N–H and O–H groups in total. The second kappa shape index (κ2) is 9.44. The zero-order chi connectivity index (χ0) is 21.1. The Morgan fingerprint density at radius 3 is 2.47 bits per heavy atom. The summed E-state index contributed by atoms with van der Waals surface area (Å²) in [6, 6.07) is 17.2. The first-order valence-corrected chi connectivity index (χ1v) is 11.5. The van der Waals surface area contributed by atoms with Gasteiger partial charge in [0.15, 0.2) is 0 Å². The standard InChI is InChI=1S/C23H19Cl3N2OS/c24-17-5-3-16(4-6-17)22-15-27(23(29)10-8-19-2-1-13-30-19)11-12-28(22)21-9-7-18(25)14-20(21)26/h1-10,13-14,22H,11-12,15H2. The fourth-order valence-electron chi connectivity index (χ4n) is 3.60. The van der Waals surface area contributed by atoms with E-state index in [1.54, 1.807) is 23.5 Å². The molecule has 3 nitrogen and oxygen atoms in total. The van der Waals surface area contributed by atoms with Crippen LogP contribution in [0.2, 0.25) is 15.1 Å². The van der Waals surface area contributed by atoms with E-state index < -0.39 is 0 Å². The van der Waals surface area contributed by atoms with E-state index in [-0.39, 0.29) is 11.9 Å². The summed E-state index contributed by atoms with van der Waals surface area (Å²) < 4.78 is 0. The highest BCUT2D eigenvalue weighted by Gasteiger charge is 2.31. The van der Waals surface area contributed by atoms with Crippen LogP contribution in [0.15, 0.2) is 66.1 Å². The molecule has 0 spiro atoms. The van der Waals surface area contributed by atoms with E-state index in [0.29, 0.717) is 34.7 Å². The molecule has 1 atom stereocenters. The van der Waals surface area contributed by atoms with Crippen molar-refractivity contribution in [3.8, 4) is 0 Å². The van der Waals surface area contributed by atoms with Gasteiger partial charge in [-0.05, 0) is 53.4 Å². The average Bonchev–Trinajstić information content (AvgIpc) is 3.26. The maximum atomic E-state index is 12.8. The molecule has 4 rings (SSSR count). The van der Waals surface area contributed by atoms with Gasteiger partial charge < -0.3 is 9.80 Å². The Kier molecular flexibility index (Phi) is 6.69. The predicted molar refractivity (Wildman–Crippen MR) is 128 cm³/mol. The van der Waals surface area contributed by atoms with Crippen molar-refractivity contribution < 1.29 is 4.79 Å². The van der Waals surface area contributed by atoms with Crippen LogP contribution in [-0.4, -0.2) is 30.4 Å². The van der Waals surface area contributed by atoms with E-state index in [1.807, 2.05) is 64.9 Å². The molecule has 0 aliphatic carbocycles. The number of anilines is 1. The van der Waals surface area contributed by atoms with Gasteiger partial charge in [0.1, 0.15) is 0 Å². The number of carbonyl (C=O) groups is 1. The molecular formula is C23H19Cl3N2OS. The highest BCUT2D eigenvalue weighted by atomic mass is 35.5. The molecule has 2 aromatic carbocycles. The molecule has 1 unspecified atom stereocenters. The number of benzene rings is 2. The lowest BCUT2D eigenvalue weighted by atomic mass is 10.0. The van der Waals surface area contributed by atoms with Crippen molar-refractivity contribution in [2.75, 3.05) is 24.5 Å². The summed E-state index contributed by atoms with van der Waals surface area (Å²) in [5.41, 5.74) is 1.98. The molecule has 1 saturated heterocycles. The Hall–Kier alpha value is -1.98. The number of carbonyl (C=O) groups excluding carboxylic acids is 1. The minimum absolute atomic E-state index is 0.00390. The van der Waals surface area contributed by atoms with Gasteiger partial charge in [0.2, 0.25) is 5.91 Å². The van der Waals surface area contributed by atoms with Gasteiger partial charge in [-0.25, -0.2) is 0 Å². The molecule has 2 heterocycles. The first-order valence-electron chi connectivity index (χ1n) is 9.49. The average molecular weight is 478 g/mol. The largest absolute Gasteiger partial charge is 0.360 e. The maximum absolute atomic E-state index is 12.8. The maximum Gasteiger partial charge on any atom is 0.246 e. The number of halogens is 3. The summed E-state index contributed by atoms with van der Waals surface area (Å²) in [5, 5.41) is 3.87. The molecule has 0 bridgehead atoms. The van der Waals surface area contributed by atoms with E-state index in [2.05, 4.69) is 4.90 Å². The van der Waals surface area contributed by atoms with Crippen LogP contribution in [0.3, 0.4) is 0 Å². The van der Waals surface area contributed by atoms with Gasteiger partial charge in [0.05, 0.1) is 16.8 Å². The summed E-state index contributed by atoms with van der Waals surface area (Å²) in [6.45, 7) is 1.82. The topological polar surface area (TPSA) is 23.6 Å². The van der Waals surface area contributed by atoms with Gasteiger partial charge in [-0.2, -0.15) is 0 Å². The van der Waals surface area contributed by atoms with Crippen molar-refractivity contribution in [2.24, 2.45) is 0 Å². The highest BCUT2D eigenvalue weighted by molar-refractivity contribution is 7.10. The van der Waals surface area contributed by atoms with E-state index in [4.69, 9.17) is 34.8 Å². The normalized spacial score (nSPS) is 17.0. The smallest absolute Gasteiger partial charge is 0.246 e. The van der Waals surface area contributed by atoms with Crippen molar-refractivity contribution in [2.45, 2.75) is 6.04 Å². The first kappa shape index (κ1) is 21.3. The fraction of sp³-hybridized carbons (Fsp3) is 0.174. The minimum atomic E-state index is -0.0474. The molecule has 30 heavy (non-hydrogen) atoms. The third kappa shape index (κ3) is 4.84. The van der Waals surface area contributed by atoms with Gasteiger partial charge in [-0.3, -0.25) is 4.79 Å². The zero-order valence-corrected chi connectivity index (χ0v) is 19.1. The Balaban J connectivity index is 1.61. The van der Waals surface area contributed by atoms with Crippen LogP contribution in [0.5, 0.6) is 0 Å². The molecule has 154 valence electrons. The lowest BCUT2D eigenvalue weighted by molar-refractivity contribution is -0.126. The molecular weight excluding hydrogens is 459 g/mol. The molecule has 7 heteroatoms. The Labute approximate surface area is 195 Å². The van der Waals surface area contributed by atoms with E-state index in [0.717, 1.165) is 16.1 Å². The van der Waals surface area contributed by atoms with E-state index in [1.165, 1.54) is 0 Å². The number of piperazine rings is 1. The summed E-state index contributed by atoms with van der Waals surface area (Å²) >= 11 is 20.3. The van der Waals surface area contributed by atoms with Crippen molar-refractivity contribution in [1.29, 1.82) is 0 Å². The number of thiophene rings is 1. The molecule has 1 amide bonds. The highest BCUT2D eigenvalue weighted by Crippen LogP contribution is 2.36.